The number of nitrogens with zero attached hydrogens (tertiary/aromatic N) is 1. The van der Waals surface area contributed by atoms with E-state index in [1.165, 1.54) is 4.90 Å². The molecule has 4 atom stereocenters. The molecule has 0 amide bonds. The topological polar surface area (TPSA) is 107 Å². The lowest BCUT2D eigenvalue weighted by Gasteiger charge is -2.21. The van der Waals surface area contributed by atoms with Gasteiger partial charge in [-0.1, -0.05) is 61.9 Å². The van der Waals surface area contributed by atoms with Crippen molar-refractivity contribution < 1.29 is 41.1 Å². The van der Waals surface area contributed by atoms with E-state index in [4.69, 9.17) is 30.1 Å². The maximum Gasteiger partial charge on any atom is 0.458 e. The molecule has 1 aliphatic carbocycles. The van der Waals surface area contributed by atoms with E-state index in [1.54, 1.807) is 68.9 Å². The number of ether oxygens (including phenoxy) is 2. The highest BCUT2D eigenvalue weighted by Crippen LogP contribution is 2.60. The lowest BCUT2D eigenvalue weighted by Crippen LogP contribution is -2.23. The van der Waals surface area contributed by atoms with E-state index in [0.717, 1.165) is 11.6 Å². The zero-order valence-corrected chi connectivity index (χ0v) is 31.3. The number of halogens is 4. The van der Waals surface area contributed by atoms with Crippen molar-refractivity contribution in [3.63, 3.8) is 0 Å². The average molecular weight is 753 g/mol. The zero-order chi connectivity index (χ0) is 37.3. The predicted molar refractivity (Wildman–Crippen MR) is 189 cm³/mol. The van der Waals surface area contributed by atoms with Crippen molar-refractivity contribution in [2.75, 3.05) is 12.9 Å². The third-order valence-electron chi connectivity index (χ3n) is 7.56. The molecule has 3 aromatic rings. The van der Waals surface area contributed by atoms with Crippen LogP contribution in [0.25, 0.3) is 0 Å². The number of nitrogens with one attached hydrogen (secondary N) is 1. The van der Waals surface area contributed by atoms with Gasteiger partial charge in [0, 0.05) is 16.5 Å². The van der Waals surface area contributed by atoms with E-state index in [-0.39, 0.29) is 6.04 Å². The van der Waals surface area contributed by atoms with Gasteiger partial charge < -0.3 is 14.0 Å². The molecular formula is C36H41ClF3N2O6PS. The maximum absolute atomic E-state index is 12.7. The summed E-state index contributed by atoms with van der Waals surface area (Å²) in [5, 5.41) is 11.1. The fourth-order valence-electron chi connectivity index (χ4n) is 5.04. The van der Waals surface area contributed by atoms with E-state index < -0.39 is 48.3 Å². The Bertz CT molecular complexity index is 1730. The molecule has 14 heteroatoms. The van der Waals surface area contributed by atoms with E-state index in [1.807, 2.05) is 69.5 Å². The first-order valence-electron chi connectivity index (χ1n) is 15.7. The summed E-state index contributed by atoms with van der Waals surface area (Å²) in [5.74, 6) is -0.714. The van der Waals surface area contributed by atoms with Crippen LogP contribution in [0.5, 0.6) is 17.2 Å². The summed E-state index contributed by atoms with van der Waals surface area (Å²) in [6.45, 7) is 11.2. The van der Waals surface area contributed by atoms with Gasteiger partial charge in [0.05, 0.1) is 12.5 Å². The number of nitriles is 1. The monoisotopic (exact) mass is 752 g/mol. The number of hydrogen-bond donors (Lipinski definition) is 1. The summed E-state index contributed by atoms with van der Waals surface area (Å²) in [5.41, 5.74) is 0.724. The second-order valence-electron chi connectivity index (χ2n) is 12.2. The summed E-state index contributed by atoms with van der Waals surface area (Å²) < 4.78 is 72.5. The zero-order valence-electron chi connectivity index (χ0n) is 28.8. The van der Waals surface area contributed by atoms with Crippen molar-refractivity contribution in [3.05, 3.63) is 95.0 Å². The lowest BCUT2D eigenvalue weighted by atomic mass is 10.1. The molecule has 1 aliphatic rings. The molecule has 0 heterocycles. The van der Waals surface area contributed by atoms with Crippen LogP contribution in [-0.4, -0.2) is 31.1 Å². The Morgan fingerprint density at radius 3 is 2.30 bits per heavy atom. The van der Waals surface area contributed by atoms with Crippen LogP contribution < -0.4 is 14.3 Å². The summed E-state index contributed by atoms with van der Waals surface area (Å²) >= 11 is 6.99. The number of benzene rings is 3. The Kier molecular flexibility index (Phi) is 14.5. The van der Waals surface area contributed by atoms with Gasteiger partial charge in [-0.05, 0) is 93.3 Å². The molecule has 0 aliphatic heterocycles. The van der Waals surface area contributed by atoms with Crippen LogP contribution >= 0.6 is 31.1 Å². The van der Waals surface area contributed by atoms with Gasteiger partial charge in [0.15, 0.2) is 0 Å². The van der Waals surface area contributed by atoms with Crippen molar-refractivity contribution in [3.8, 4) is 23.3 Å². The Morgan fingerprint density at radius 1 is 1.08 bits per heavy atom. The SMILES string of the molecule is CC1(C)[C@H](C(=O)OC(C#N)c2cccc(Oc3ccccc3)c2)[C@@H]1/C=C(\Cl)C(F)(F)F.CCOP(=O)(NC(C)C)Oc1ccc(SC)c(C)c1. The van der Waals surface area contributed by atoms with Crippen LogP contribution in [0.3, 0.4) is 0 Å². The van der Waals surface area contributed by atoms with Crippen LogP contribution in [0.2, 0.25) is 0 Å². The molecule has 0 aromatic heterocycles. The number of rotatable bonds is 13. The smallest absolute Gasteiger partial charge is 0.457 e. The van der Waals surface area contributed by atoms with Crippen molar-refractivity contribution >= 4 is 37.1 Å². The third-order valence-corrected chi connectivity index (χ3v) is 10.7. The van der Waals surface area contributed by atoms with Gasteiger partial charge >= 0.3 is 19.9 Å². The molecule has 3 aromatic carbocycles. The number of allylic oxidation sites excluding steroid dienone is 2. The highest BCUT2D eigenvalue weighted by Gasteiger charge is 2.62. The first-order chi connectivity index (χ1) is 23.4. The maximum atomic E-state index is 12.7. The largest absolute Gasteiger partial charge is 0.458 e. The standard InChI is InChI=1S/C23H19ClF3NO3.C13H22NO3PS/c1-22(2)17(12-19(24)23(25,26)27)20(22)21(29)31-18(13-28)14-7-6-10-16(11-14)30-15-8-4-3-5-9-15;1-6-16-18(15,14-10(2)3)17-12-7-8-13(19-5)11(4)9-12/h3-12,17-18,20H,1-2H3;7-10H,6H2,1-5H3,(H,14,15)/b19-12-;/t17-,18?,20-;/m0./s1. The van der Waals surface area contributed by atoms with Gasteiger partial charge in [0.1, 0.15) is 28.4 Å². The van der Waals surface area contributed by atoms with Gasteiger partial charge in [-0.15, -0.1) is 11.8 Å². The van der Waals surface area contributed by atoms with Crippen molar-refractivity contribution in [2.45, 2.75) is 64.8 Å². The molecule has 0 saturated heterocycles. The van der Waals surface area contributed by atoms with Gasteiger partial charge in [0.25, 0.3) is 0 Å². The third kappa shape index (κ3) is 11.5. The van der Waals surface area contributed by atoms with Gasteiger partial charge in [0.2, 0.25) is 6.10 Å². The molecule has 1 N–H and O–H groups in total. The minimum Gasteiger partial charge on any atom is -0.457 e. The Hall–Kier alpha value is -3.46. The Balaban J connectivity index is 0.000000305. The van der Waals surface area contributed by atoms with Crippen LogP contribution in [0.4, 0.5) is 13.2 Å². The molecule has 270 valence electrons. The number of alkyl halides is 3. The lowest BCUT2D eigenvalue weighted by molar-refractivity contribution is -0.149. The summed E-state index contributed by atoms with van der Waals surface area (Å²) in [6.07, 6.45) is -3.05. The molecule has 4 rings (SSSR count). The summed E-state index contributed by atoms with van der Waals surface area (Å²) in [4.78, 5) is 13.8. The fraction of sp³-hybridized carbons (Fsp3) is 0.389. The molecule has 2 unspecified atom stereocenters. The highest BCUT2D eigenvalue weighted by atomic mass is 35.5. The molecule has 1 saturated carbocycles. The Morgan fingerprint density at radius 2 is 1.74 bits per heavy atom. The minimum absolute atomic E-state index is 0.0175. The normalized spacial score (nSPS) is 18.5. The van der Waals surface area contributed by atoms with Crippen molar-refractivity contribution in [1.82, 2.24) is 5.09 Å². The van der Waals surface area contributed by atoms with Crippen molar-refractivity contribution in [1.29, 1.82) is 5.26 Å². The first-order valence-corrected chi connectivity index (χ1v) is 18.8. The quantitative estimate of drug-likeness (QED) is 0.104. The van der Waals surface area contributed by atoms with E-state index in [9.17, 15) is 27.8 Å². The molecule has 50 heavy (non-hydrogen) atoms. The molecule has 1 fully saturated rings. The van der Waals surface area contributed by atoms with Gasteiger partial charge in [-0.2, -0.15) is 18.4 Å². The van der Waals surface area contributed by atoms with Gasteiger partial charge in [-0.25, -0.2) is 9.65 Å². The number of hydrogen-bond acceptors (Lipinski definition) is 8. The highest BCUT2D eigenvalue weighted by molar-refractivity contribution is 7.98. The first kappa shape index (κ1) is 41.0. The molecule has 0 bridgehead atoms. The molecule has 8 nitrogen and oxygen atoms in total. The Labute approximate surface area is 300 Å². The molecular weight excluding hydrogens is 712 g/mol. The van der Waals surface area contributed by atoms with E-state index >= 15 is 0 Å². The minimum atomic E-state index is -4.68. The fourth-order valence-corrected chi connectivity index (χ4v) is 7.30. The molecule has 0 spiro atoms. The van der Waals surface area contributed by atoms with Crippen LogP contribution in [0.15, 0.2) is 88.8 Å². The van der Waals surface area contributed by atoms with E-state index in [0.29, 0.717) is 29.4 Å². The van der Waals surface area contributed by atoms with Crippen LogP contribution in [0, 0.1) is 35.5 Å². The average Bonchev–Trinajstić information content (AvgIpc) is 3.58. The summed E-state index contributed by atoms with van der Waals surface area (Å²) in [6, 6.07) is 23.1. The predicted octanol–water partition coefficient (Wildman–Crippen LogP) is 10.8. The second kappa shape index (κ2) is 17.7. The number of carbonyl (C=O) groups excluding carboxylic acids is 1. The van der Waals surface area contributed by atoms with Gasteiger partial charge in [-0.3, -0.25) is 9.32 Å². The molecule has 0 radical (unpaired) electrons. The summed E-state index contributed by atoms with van der Waals surface area (Å²) in [7, 11) is -3.30. The van der Waals surface area contributed by atoms with Crippen molar-refractivity contribution in [2.24, 2.45) is 17.3 Å². The van der Waals surface area contributed by atoms with Crippen LogP contribution in [-0.2, 0) is 18.6 Å². The number of para-hydroxylation sites is 1. The second-order valence-corrected chi connectivity index (χ2v) is 15.1. The van der Waals surface area contributed by atoms with Crippen LogP contribution in [0.1, 0.15) is 51.8 Å². The number of esters is 1. The number of thioether (sulfide) groups is 1. The number of carbonyl (C=O) groups is 1. The van der Waals surface area contributed by atoms with E-state index in [2.05, 4.69) is 5.09 Å². The number of aryl methyl sites for hydroxylation is 1.